The largest absolute Gasteiger partial charge is 0.345 e. The van der Waals surface area contributed by atoms with Crippen molar-refractivity contribution in [3.05, 3.63) is 0 Å². The third kappa shape index (κ3) is 11.8. The maximum Gasteiger partial charge on any atom is 0.221 e. The molecule has 0 saturated heterocycles. The molecule has 0 saturated carbocycles. The molecule has 0 aromatic heterocycles. The first-order valence-corrected chi connectivity index (χ1v) is 7.85. The van der Waals surface area contributed by atoms with Gasteiger partial charge in [0.1, 0.15) is 0 Å². The molecule has 0 fully saturated rings. The molecule has 0 unspecified atom stereocenters. The summed E-state index contributed by atoms with van der Waals surface area (Å²) in [6.07, 6.45) is 0.547. The van der Waals surface area contributed by atoms with Gasteiger partial charge in [-0.1, -0.05) is 47.3 Å². The first-order chi connectivity index (χ1) is 7.66. The maximum atomic E-state index is 11.3. The maximum absolute atomic E-state index is 11.3. The van der Waals surface area contributed by atoms with Crippen LogP contribution in [-0.2, 0) is 4.79 Å². The van der Waals surface area contributed by atoms with Gasteiger partial charge in [0.05, 0.1) is 6.54 Å². The zero-order valence-corrected chi connectivity index (χ0v) is 11.5. The van der Waals surface area contributed by atoms with Gasteiger partial charge in [-0.05, 0) is 0 Å². The molecule has 0 radical (unpaired) electrons. The Morgan fingerprint density at radius 1 is 1.38 bits per heavy atom. The number of carbonyl (C=O) groups excluding carboxylic acids is 1. The van der Waals surface area contributed by atoms with Crippen LogP contribution in [0.15, 0.2) is 0 Å². The lowest BCUT2D eigenvalue weighted by atomic mass is 10.2. The van der Waals surface area contributed by atoms with Crippen molar-refractivity contribution in [1.29, 1.82) is 0 Å². The summed E-state index contributed by atoms with van der Waals surface area (Å²) in [5, 5.41) is 2.77. The average Bonchev–Trinajstić information content (AvgIpc) is 2.24. The van der Waals surface area contributed by atoms with Gasteiger partial charge in [-0.3, -0.25) is 4.79 Å². The molecule has 0 rings (SSSR count). The highest BCUT2D eigenvalue weighted by Gasteiger charge is 1.99. The van der Waals surface area contributed by atoms with Gasteiger partial charge in [0.2, 0.25) is 5.91 Å². The predicted molar refractivity (Wildman–Crippen MR) is 74.2 cm³/mol. The van der Waals surface area contributed by atoms with Gasteiger partial charge in [-0.15, -0.1) is 0 Å². The molecule has 5 heteroatoms. The van der Waals surface area contributed by atoms with Gasteiger partial charge < -0.3 is 11.1 Å². The number of hydrogen-bond donors (Lipinski definition) is 2. The Hall–Kier alpha value is -0.310. The summed E-state index contributed by atoms with van der Waals surface area (Å²) in [5.41, 5.74) is 5.35. The second-order valence-corrected chi connectivity index (χ2v) is 6.14. The molecule has 1 amide bonds. The van der Waals surface area contributed by atoms with E-state index in [0.717, 1.165) is 11.5 Å². The van der Waals surface area contributed by atoms with Crippen molar-refractivity contribution in [3.63, 3.8) is 0 Å². The van der Waals surface area contributed by atoms with Crippen molar-refractivity contribution in [2.45, 2.75) is 20.3 Å². The van der Waals surface area contributed by atoms with E-state index in [1.54, 1.807) is 21.6 Å². The van der Waals surface area contributed by atoms with E-state index in [1.807, 2.05) is 13.8 Å². The fourth-order valence-electron chi connectivity index (χ4n) is 0.787. The third-order valence-corrected chi connectivity index (χ3v) is 3.90. The Morgan fingerprint density at radius 2 is 2.06 bits per heavy atom. The molecule has 0 bridgehead atoms. The minimum atomic E-state index is 0.0684. The second kappa shape index (κ2) is 11.2. The first kappa shape index (κ1) is 15.7. The monoisotopic (exact) mass is 260 g/mol. The molecule has 0 aromatic carbocycles. The molecule has 3 nitrogen and oxygen atoms in total. The summed E-state index contributed by atoms with van der Waals surface area (Å²) in [6.45, 7) is 5.20. The van der Waals surface area contributed by atoms with Gasteiger partial charge in [0.25, 0.3) is 0 Å². The molecule has 16 heavy (non-hydrogen) atoms. The fourth-order valence-corrected chi connectivity index (χ4v) is 2.63. The van der Waals surface area contributed by atoms with Gasteiger partial charge in [0, 0.05) is 30.4 Å². The van der Waals surface area contributed by atoms with Gasteiger partial charge >= 0.3 is 0 Å². The van der Waals surface area contributed by atoms with Gasteiger partial charge in [-0.2, -0.15) is 0 Å². The van der Waals surface area contributed by atoms with Crippen LogP contribution in [0.4, 0.5) is 0 Å². The van der Waals surface area contributed by atoms with Crippen LogP contribution in [0.1, 0.15) is 20.3 Å². The standard InChI is InChI=1S/C11H20N2OS2/c1-10(2)4-3-7-13-11(14)5-8-15-16-9-6-12/h10H,5-9,12H2,1-2H3,(H,13,14). The van der Waals surface area contributed by atoms with Crippen LogP contribution in [-0.4, -0.2) is 30.5 Å². The van der Waals surface area contributed by atoms with Crippen molar-refractivity contribution < 1.29 is 4.79 Å². The zero-order chi connectivity index (χ0) is 12.2. The highest BCUT2D eigenvalue weighted by Crippen LogP contribution is 2.20. The Kier molecular flexibility index (Phi) is 11.0. The summed E-state index contributed by atoms with van der Waals surface area (Å²) in [7, 11) is 3.40. The molecule has 0 aliphatic heterocycles. The first-order valence-electron chi connectivity index (χ1n) is 5.36. The van der Waals surface area contributed by atoms with E-state index < -0.39 is 0 Å². The molecule has 3 N–H and O–H groups in total. The highest BCUT2D eigenvalue weighted by atomic mass is 33.1. The Morgan fingerprint density at radius 3 is 2.69 bits per heavy atom. The van der Waals surface area contributed by atoms with Crippen molar-refractivity contribution in [3.8, 4) is 11.8 Å². The number of amides is 1. The fraction of sp³-hybridized carbons (Fsp3) is 0.727. The minimum Gasteiger partial charge on any atom is -0.345 e. The van der Waals surface area contributed by atoms with Crippen molar-refractivity contribution in [2.75, 3.05) is 24.6 Å². The lowest BCUT2D eigenvalue weighted by molar-refractivity contribution is -0.120. The molecular weight excluding hydrogens is 240 g/mol. The van der Waals surface area contributed by atoms with Crippen molar-refractivity contribution >= 4 is 27.5 Å². The predicted octanol–water partition coefficient (Wildman–Crippen LogP) is 1.49. The van der Waals surface area contributed by atoms with Crippen LogP contribution in [0.5, 0.6) is 0 Å². The summed E-state index contributed by atoms with van der Waals surface area (Å²) < 4.78 is 0. The van der Waals surface area contributed by atoms with E-state index in [-0.39, 0.29) is 5.91 Å². The summed E-state index contributed by atoms with van der Waals surface area (Å²) >= 11 is 0. The van der Waals surface area contributed by atoms with Gasteiger partial charge in [-0.25, -0.2) is 0 Å². The van der Waals surface area contributed by atoms with Crippen molar-refractivity contribution in [1.82, 2.24) is 5.32 Å². The van der Waals surface area contributed by atoms with Crippen LogP contribution >= 0.6 is 21.6 Å². The van der Waals surface area contributed by atoms with E-state index in [0.29, 0.717) is 25.4 Å². The molecular formula is C11H20N2OS2. The average molecular weight is 260 g/mol. The van der Waals surface area contributed by atoms with E-state index >= 15 is 0 Å². The third-order valence-electron chi connectivity index (χ3n) is 1.46. The van der Waals surface area contributed by atoms with E-state index in [9.17, 15) is 4.79 Å². The van der Waals surface area contributed by atoms with Crippen LogP contribution in [0.3, 0.4) is 0 Å². The smallest absolute Gasteiger partial charge is 0.221 e. The Balaban J connectivity index is 3.36. The number of carbonyl (C=O) groups is 1. The van der Waals surface area contributed by atoms with Crippen LogP contribution in [0.2, 0.25) is 0 Å². The number of nitrogens with two attached hydrogens (primary N) is 1. The summed E-state index contributed by atoms with van der Waals surface area (Å²) in [5.74, 6) is 8.11. The molecule has 0 heterocycles. The number of rotatable bonds is 7. The molecule has 0 aromatic rings. The van der Waals surface area contributed by atoms with Crippen LogP contribution in [0.25, 0.3) is 0 Å². The Bertz CT molecular complexity index is 246. The second-order valence-electron chi connectivity index (χ2n) is 3.44. The van der Waals surface area contributed by atoms with Crippen LogP contribution in [0, 0.1) is 17.8 Å². The topological polar surface area (TPSA) is 55.1 Å². The Labute approximate surface area is 106 Å². The van der Waals surface area contributed by atoms with E-state index in [2.05, 4.69) is 17.2 Å². The molecule has 0 atom stereocenters. The van der Waals surface area contributed by atoms with E-state index in [1.165, 1.54) is 0 Å². The highest BCUT2D eigenvalue weighted by molar-refractivity contribution is 8.76. The van der Waals surface area contributed by atoms with E-state index in [4.69, 9.17) is 5.73 Å². The SMILES string of the molecule is CC(C)C#CCNC(=O)CCSSCCN. The van der Waals surface area contributed by atoms with Crippen LogP contribution < -0.4 is 11.1 Å². The summed E-state index contributed by atoms with van der Waals surface area (Å²) in [4.78, 5) is 11.3. The molecule has 0 aliphatic rings. The molecule has 0 spiro atoms. The van der Waals surface area contributed by atoms with Gasteiger partial charge in [0.15, 0.2) is 0 Å². The molecule has 92 valence electrons. The summed E-state index contributed by atoms with van der Waals surface area (Å²) in [6, 6.07) is 0. The van der Waals surface area contributed by atoms with Crippen molar-refractivity contribution in [2.24, 2.45) is 11.7 Å². The lowest BCUT2D eigenvalue weighted by Crippen LogP contribution is -2.23. The quantitative estimate of drug-likeness (QED) is 0.414. The number of nitrogens with one attached hydrogen (secondary N) is 1. The lowest BCUT2D eigenvalue weighted by Gasteiger charge is -2.01. The normalized spacial score (nSPS) is 9.75. The number of hydrogen-bond acceptors (Lipinski definition) is 4. The zero-order valence-electron chi connectivity index (χ0n) is 9.91. The minimum absolute atomic E-state index is 0.0684. The molecule has 0 aliphatic carbocycles.